The number of aromatic nitrogens is 1. The first-order valence-corrected chi connectivity index (χ1v) is 8.87. The van der Waals surface area contributed by atoms with E-state index >= 15 is 0 Å². The van der Waals surface area contributed by atoms with E-state index in [9.17, 15) is 9.59 Å². The van der Waals surface area contributed by atoms with Crippen LogP contribution in [0.15, 0.2) is 16.9 Å². The molecule has 2 fully saturated rings. The zero-order valence-corrected chi connectivity index (χ0v) is 14.2. The molecule has 0 bridgehead atoms. The van der Waals surface area contributed by atoms with E-state index in [0.29, 0.717) is 37.0 Å². The van der Waals surface area contributed by atoms with Gasteiger partial charge in [0.1, 0.15) is 0 Å². The predicted molar refractivity (Wildman–Crippen MR) is 90.2 cm³/mol. The molecule has 6 heteroatoms. The lowest BCUT2D eigenvalue weighted by atomic mass is 9.79. The van der Waals surface area contributed by atoms with Gasteiger partial charge in [-0.15, -0.1) is 0 Å². The summed E-state index contributed by atoms with van der Waals surface area (Å²) >= 11 is 0. The van der Waals surface area contributed by atoms with Gasteiger partial charge in [-0.25, -0.2) is 0 Å². The van der Waals surface area contributed by atoms with Gasteiger partial charge in [-0.05, 0) is 37.7 Å². The molecule has 0 aliphatic carbocycles. The van der Waals surface area contributed by atoms with Gasteiger partial charge in [0, 0.05) is 49.1 Å². The Morgan fingerprint density at radius 2 is 1.96 bits per heavy atom. The van der Waals surface area contributed by atoms with Gasteiger partial charge in [0.15, 0.2) is 0 Å². The highest BCUT2D eigenvalue weighted by Gasteiger charge is 2.34. The maximum absolute atomic E-state index is 12.6. The SMILES string of the molecule is CCc1cc(C(=O)N[C@@H]2CCOC[C@@H]2C2CCOCC2)cc(=O)[nH]1. The molecule has 2 N–H and O–H groups in total. The van der Waals surface area contributed by atoms with Crippen LogP contribution in [0.3, 0.4) is 0 Å². The Morgan fingerprint density at radius 1 is 1.21 bits per heavy atom. The van der Waals surface area contributed by atoms with Gasteiger partial charge in [0.05, 0.1) is 6.61 Å². The molecule has 0 radical (unpaired) electrons. The van der Waals surface area contributed by atoms with Gasteiger partial charge < -0.3 is 19.8 Å². The average molecular weight is 334 g/mol. The zero-order chi connectivity index (χ0) is 16.9. The van der Waals surface area contributed by atoms with Crippen molar-refractivity contribution in [2.75, 3.05) is 26.4 Å². The molecule has 132 valence electrons. The summed E-state index contributed by atoms with van der Waals surface area (Å²) < 4.78 is 11.1. The van der Waals surface area contributed by atoms with Crippen LogP contribution >= 0.6 is 0 Å². The third-order valence-corrected chi connectivity index (χ3v) is 5.13. The lowest BCUT2D eigenvalue weighted by Gasteiger charge is -2.39. The lowest BCUT2D eigenvalue weighted by molar-refractivity contribution is -0.0259. The number of pyridine rings is 1. The molecule has 0 spiro atoms. The number of ether oxygens (including phenoxy) is 2. The molecule has 1 aromatic rings. The summed E-state index contributed by atoms with van der Waals surface area (Å²) in [6.07, 6.45) is 3.55. The second-order valence-electron chi connectivity index (χ2n) is 6.67. The Bertz CT molecular complexity index is 622. The van der Waals surface area contributed by atoms with Crippen molar-refractivity contribution in [3.05, 3.63) is 33.7 Å². The number of nitrogens with one attached hydrogen (secondary N) is 2. The molecule has 2 aliphatic heterocycles. The molecule has 2 aliphatic rings. The van der Waals surface area contributed by atoms with E-state index in [0.717, 1.165) is 38.2 Å². The number of aryl methyl sites for hydroxylation is 1. The summed E-state index contributed by atoms with van der Waals surface area (Å²) in [7, 11) is 0. The van der Waals surface area contributed by atoms with Gasteiger partial charge in [-0.2, -0.15) is 0 Å². The van der Waals surface area contributed by atoms with Gasteiger partial charge in [-0.1, -0.05) is 6.92 Å². The minimum atomic E-state index is -0.229. The Balaban J connectivity index is 1.71. The number of carbonyl (C=O) groups is 1. The largest absolute Gasteiger partial charge is 0.381 e. The van der Waals surface area contributed by atoms with Crippen molar-refractivity contribution in [1.29, 1.82) is 0 Å². The van der Waals surface area contributed by atoms with Crippen LogP contribution in [0.25, 0.3) is 0 Å². The summed E-state index contributed by atoms with van der Waals surface area (Å²) in [6.45, 7) is 4.88. The minimum absolute atomic E-state index is 0.0960. The van der Waals surface area contributed by atoms with Crippen molar-refractivity contribution in [1.82, 2.24) is 10.3 Å². The van der Waals surface area contributed by atoms with E-state index in [-0.39, 0.29) is 17.5 Å². The Kier molecular flexibility index (Phi) is 5.68. The summed E-state index contributed by atoms with van der Waals surface area (Å²) in [5, 5.41) is 3.15. The smallest absolute Gasteiger partial charge is 0.251 e. The first kappa shape index (κ1) is 17.2. The highest BCUT2D eigenvalue weighted by atomic mass is 16.5. The third kappa shape index (κ3) is 4.05. The molecular formula is C18H26N2O4. The second-order valence-corrected chi connectivity index (χ2v) is 6.67. The Morgan fingerprint density at radius 3 is 2.71 bits per heavy atom. The number of hydrogen-bond donors (Lipinski definition) is 2. The highest BCUT2D eigenvalue weighted by molar-refractivity contribution is 5.94. The average Bonchev–Trinajstić information content (AvgIpc) is 2.62. The molecule has 1 aromatic heterocycles. The normalized spacial score (nSPS) is 25.4. The Hall–Kier alpha value is -1.66. The fourth-order valence-electron chi connectivity index (χ4n) is 3.72. The summed E-state index contributed by atoms with van der Waals surface area (Å²) in [5.41, 5.74) is 0.987. The number of rotatable bonds is 4. The molecule has 3 heterocycles. The first-order chi connectivity index (χ1) is 11.7. The molecule has 0 aromatic carbocycles. The summed E-state index contributed by atoms with van der Waals surface area (Å²) in [4.78, 5) is 27.1. The van der Waals surface area contributed by atoms with E-state index in [4.69, 9.17) is 9.47 Å². The van der Waals surface area contributed by atoms with Crippen molar-refractivity contribution < 1.29 is 14.3 Å². The van der Waals surface area contributed by atoms with Crippen LogP contribution in [0.2, 0.25) is 0 Å². The van der Waals surface area contributed by atoms with Crippen LogP contribution in [-0.2, 0) is 15.9 Å². The highest BCUT2D eigenvalue weighted by Crippen LogP contribution is 2.30. The molecule has 0 unspecified atom stereocenters. The van der Waals surface area contributed by atoms with Crippen LogP contribution in [0.5, 0.6) is 0 Å². The number of H-pyrrole nitrogens is 1. The van der Waals surface area contributed by atoms with Crippen LogP contribution in [-0.4, -0.2) is 43.4 Å². The molecule has 0 saturated carbocycles. The number of carbonyl (C=O) groups excluding carboxylic acids is 1. The summed E-state index contributed by atoms with van der Waals surface area (Å²) in [5.74, 6) is 0.675. The van der Waals surface area contributed by atoms with Crippen LogP contribution in [0, 0.1) is 11.8 Å². The maximum Gasteiger partial charge on any atom is 0.251 e. The van der Waals surface area contributed by atoms with Crippen molar-refractivity contribution >= 4 is 5.91 Å². The van der Waals surface area contributed by atoms with E-state index in [2.05, 4.69) is 10.3 Å². The van der Waals surface area contributed by atoms with Gasteiger partial charge >= 0.3 is 0 Å². The van der Waals surface area contributed by atoms with E-state index in [1.165, 1.54) is 6.07 Å². The standard InChI is InChI=1S/C18H26N2O4/c1-2-14-9-13(10-17(21)19-14)18(22)20-16-5-8-24-11-15(16)12-3-6-23-7-4-12/h9-10,12,15-16H,2-8,11H2,1H3,(H,19,21)(H,20,22)/t15-,16-/m1/s1. The second kappa shape index (κ2) is 7.94. The number of hydrogen-bond acceptors (Lipinski definition) is 4. The van der Waals surface area contributed by atoms with Crippen LogP contribution < -0.4 is 10.9 Å². The third-order valence-electron chi connectivity index (χ3n) is 5.13. The topological polar surface area (TPSA) is 80.4 Å². The fraction of sp³-hybridized carbons (Fsp3) is 0.667. The number of amides is 1. The van der Waals surface area contributed by atoms with E-state index < -0.39 is 0 Å². The minimum Gasteiger partial charge on any atom is -0.381 e. The lowest BCUT2D eigenvalue weighted by Crippen LogP contribution is -2.49. The Labute approximate surface area is 141 Å². The summed E-state index contributed by atoms with van der Waals surface area (Å²) in [6, 6.07) is 3.23. The number of aromatic amines is 1. The quantitative estimate of drug-likeness (QED) is 0.874. The molecule has 2 saturated heterocycles. The van der Waals surface area contributed by atoms with Crippen molar-refractivity contribution in [2.45, 2.75) is 38.6 Å². The predicted octanol–water partition coefficient (Wildman–Crippen LogP) is 1.50. The van der Waals surface area contributed by atoms with Gasteiger partial charge in [-0.3, -0.25) is 9.59 Å². The van der Waals surface area contributed by atoms with Crippen LogP contribution in [0.4, 0.5) is 0 Å². The molecule has 24 heavy (non-hydrogen) atoms. The van der Waals surface area contributed by atoms with Crippen molar-refractivity contribution in [2.24, 2.45) is 11.8 Å². The molecule has 1 amide bonds. The first-order valence-electron chi connectivity index (χ1n) is 8.87. The van der Waals surface area contributed by atoms with Gasteiger partial charge in [0.2, 0.25) is 5.56 Å². The van der Waals surface area contributed by atoms with Crippen molar-refractivity contribution in [3.63, 3.8) is 0 Å². The van der Waals surface area contributed by atoms with E-state index in [1.54, 1.807) is 6.07 Å². The van der Waals surface area contributed by atoms with Gasteiger partial charge in [0.25, 0.3) is 5.91 Å². The zero-order valence-electron chi connectivity index (χ0n) is 14.2. The van der Waals surface area contributed by atoms with Crippen LogP contribution in [0.1, 0.15) is 42.2 Å². The molecular weight excluding hydrogens is 308 g/mol. The monoisotopic (exact) mass is 334 g/mol. The fourth-order valence-corrected chi connectivity index (χ4v) is 3.72. The maximum atomic E-state index is 12.6. The molecule has 6 nitrogen and oxygen atoms in total. The molecule has 3 rings (SSSR count). The molecule has 2 atom stereocenters. The van der Waals surface area contributed by atoms with Crippen molar-refractivity contribution in [3.8, 4) is 0 Å². The van der Waals surface area contributed by atoms with E-state index in [1.807, 2.05) is 6.92 Å².